The van der Waals surface area contributed by atoms with Crippen LogP contribution in [0.3, 0.4) is 0 Å². The summed E-state index contributed by atoms with van der Waals surface area (Å²) in [7, 11) is 0. The van der Waals surface area contributed by atoms with Crippen LogP contribution in [-0.4, -0.2) is 42.9 Å². The number of thiophene rings is 1. The van der Waals surface area contributed by atoms with Crippen LogP contribution in [0.25, 0.3) is 0 Å². The number of hydrogen-bond donors (Lipinski definition) is 2. The summed E-state index contributed by atoms with van der Waals surface area (Å²) < 4.78 is 0. The van der Waals surface area contributed by atoms with Crippen LogP contribution in [0.4, 0.5) is 0 Å². The summed E-state index contributed by atoms with van der Waals surface area (Å²) in [6, 6.07) is 12.4. The Bertz CT molecular complexity index is 742. The molecule has 5 nitrogen and oxygen atoms in total. The molecule has 6 heteroatoms. The summed E-state index contributed by atoms with van der Waals surface area (Å²) in [5.74, 6) is 0.968. The molecule has 0 unspecified atom stereocenters. The fraction of sp³-hybridized carbons (Fsp3) is 0.400. The minimum atomic E-state index is 0.00326. The lowest BCUT2D eigenvalue weighted by Gasteiger charge is -2.31. The largest absolute Gasteiger partial charge is 0.357 e. The lowest BCUT2D eigenvalue weighted by atomic mass is 10.0. The maximum atomic E-state index is 11.9. The second-order valence-corrected chi connectivity index (χ2v) is 7.21. The second-order valence-electron chi connectivity index (χ2n) is 6.26. The quantitative estimate of drug-likeness (QED) is 0.467. The molecule has 0 spiro atoms. The molecule has 3 rings (SSSR count). The Morgan fingerprint density at radius 2 is 2.04 bits per heavy atom. The van der Waals surface area contributed by atoms with Crippen molar-refractivity contribution in [3.63, 3.8) is 0 Å². The van der Waals surface area contributed by atoms with Crippen LogP contribution in [0.15, 0.2) is 46.8 Å². The summed E-state index contributed by atoms with van der Waals surface area (Å²) in [6.45, 7) is 6.17. The van der Waals surface area contributed by atoms with Crippen molar-refractivity contribution in [1.29, 1.82) is 0 Å². The van der Waals surface area contributed by atoms with Crippen molar-refractivity contribution in [1.82, 2.24) is 15.5 Å². The third-order valence-electron chi connectivity index (χ3n) is 4.39. The van der Waals surface area contributed by atoms with E-state index in [0.717, 1.165) is 43.3 Å². The van der Waals surface area contributed by atoms with Crippen molar-refractivity contribution < 1.29 is 4.79 Å². The van der Waals surface area contributed by atoms with Gasteiger partial charge in [-0.05, 0) is 42.3 Å². The maximum absolute atomic E-state index is 11.9. The molecular formula is C20H26N4OS. The summed E-state index contributed by atoms with van der Waals surface area (Å²) >= 11 is 1.46. The molecule has 2 aromatic rings. The van der Waals surface area contributed by atoms with E-state index >= 15 is 0 Å². The van der Waals surface area contributed by atoms with Crippen LogP contribution < -0.4 is 10.6 Å². The van der Waals surface area contributed by atoms with Crippen molar-refractivity contribution >= 4 is 23.2 Å². The number of carbonyl (C=O) groups excluding carboxylic acids is 1. The van der Waals surface area contributed by atoms with Crippen LogP contribution in [0, 0.1) is 0 Å². The number of rotatable bonds is 6. The van der Waals surface area contributed by atoms with Crippen molar-refractivity contribution in [3.8, 4) is 0 Å². The topological polar surface area (TPSA) is 56.7 Å². The number of nitrogens with one attached hydrogen (secondary N) is 2. The van der Waals surface area contributed by atoms with Crippen LogP contribution in [0.2, 0.25) is 0 Å². The van der Waals surface area contributed by atoms with Gasteiger partial charge in [-0.1, -0.05) is 30.3 Å². The Labute approximate surface area is 159 Å². The summed E-state index contributed by atoms with van der Waals surface area (Å²) in [6.07, 6.45) is 1.88. The highest BCUT2D eigenvalue weighted by molar-refractivity contribution is 7.12. The SMILES string of the molecule is CCNC(=NCCCNC(=O)c1cccs1)N1CCc2ccccc2C1. The van der Waals surface area contributed by atoms with E-state index in [1.807, 2.05) is 17.5 Å². The van der Waals surface area contributed by atoms with E-state index in [1.165, 1.54) is 22.5 Å². The van der Waals surface area contributed by atoms with Crippen molar-refractivity contribution in [2.24, 2.45) is 4.99 Å². The first kappa shape index (κ1) is 18.5. The Morgan fingerprint density at radius 1 is 1.19 bits per heavy atom. The molecule has 1 amide bonds. The smallest absolute Gasteiger partial charge is 0.261 e. The van der Waals surface area contributed by atoms with Gasteiger partial charge in [0, 0.05) is 32.7 Å². The molecule has 1 aromatic carbocycles. The van der Waals surface area contributed by atoms with Gasteiger partial charge in [0.05, 0.1) is 4.88 Å². The average Bonchev–Trinajstić information content (AvgIpc) is 3.21. The number of nitrogens with zero attached hydrogens (tertiary/aromatic N) is 2. The first-order valence-electron chi connectivity index (χ1n) is 9.19. The van der Waals surface area contributed by atoms with E-state index in [9.17, 15) is 4.79 Å². The van der Waals surface area contributed by atoms with E-state index in [4.69, 9.17) is 4.99 Å². The lowest BCUT2D eigenvalue weighted by molar-refractivity contribution is 0.0957. The molecule has 0 aliphatic carbocycles. The van der Waals surface area contributed by atoms with Gasteiger partial charge in [0.2, 0.25) is 0 Å². The average molecular weight is 371 g/mol. The van der Waals surface area contributed by atoms with Gasteiger partial charge >= 0.3 is 0 Å². The normalized spacial score (nSPS) is 14.0. The van der Waals surface area contributed by atoms with Crippen molar-refractivity contribution in [2.45, 2.75) is 26.3 Å². The Balaban J connectivity index is 1.49. The molecule has 0 radical (unpaired) electrons. The van der Waals surface area contributed by atoms with Crippen LogP contribution in [-0.2, 0) is 13.0 Å². The zero-order chi connectivity index (χ0) is 18.2. The summed E-state index contributed by atoms with van der Waals surface area (Å²) in [5.41, 5.74) is 2.82. The minimum Gasteiger partial charge on any atom is -0.357 e. The number of carbonyl (C=O) groups is 1. The predicted molar refractivity (Wildman–Crippen MR) is 108 cm³/mol. The Hall–Kier alpha value is -2.34. The molecule has 26 heavy (non-hydrogen) atoms. The van der Waals surface area contributed by atoms with E-state index in [2.05, 4.69) is 46.7 Å². The number of benzene rings is 1. The molecule has 2 heterocycles. The number of aliphatic imine (C=N–C) groups is 1. The molecule has 2 N–H and O–H groups in total. The standard InChI is InChI=1S/C20H26N4OS/c1-2-21-20(24-13-10-16-7-3-4-8-17(16)15-24)23-12-6-11-22-19(25)18-9-5-14-26-18/h3-5,7-9,14H,2,6,10-13,15H2,1H3,(H,21,23)(H,22,25). The van der Waals surface area contributed by atoms with Gasteiger partial charge in [-0.2, -0.15) is 0 Å². The maximum Gasteiger partial charge on any atom is 0.261 e. The third kappa shape index (κ3) is 4.85. The molecule has 1 aliphatic rings. The molecule has 0 saturated heterocycles. The van der Waals surface area contributed by atoms with Gasteiger partial charge in [0.25, 0.3) is 5.91 Å². The highest BCUT2D eigenvalue weighted by Gasteiger charge is 2.18. The highest BCUT2D eigenvalue weighted by Crippen LogP contribution is 2.18. The number of guanidine groups is 1. The Morgan fingerprint density at radius 3 is 2.81 bits per heavy atom. The fourth-order valence-corrected chi connectivity index (χ4v) is 3.70. The zero-order valence-electron chi connectivity index (χ0n) is 15.2. The predicted octanol–water partition coefficient (Wildman–Crippen LogP) is 2.89. The molecule has 0 bridgehead atoms. The van der Waals surface area contributed by atoms with E-state index in [1.54, 1.807) is 0 Å². The number of amides is 1. The molecule has 138 valence electrons. The van der Waals surface area contributed by atoms with Gasteiger partial charge in [0.15, 0.2) is 5.96 Å². The van der Waals surface area contributed by atoms with Gasteiger partial charge in [-0.15, -0.1) is 11.3 Å². The van der Waals surface area contributed by atoms with Crippen molar-refractivity contribution in [2.75, 3.05) is 26.2 Å². The Kier molecular flexibility index (Phi) is 6.66. The van der Waals surface area contributed by atoms with Crippen LogP contribution in [0.1, 0.15) is 34.1 Å². The van der Waals surface area contributed by atoms with E-state index < -0.39 is 0 Å². The van der Waals surface area contributed by atoms with Gasteiger partial charge in [0.1, 0.15) is 0 Å². The molecular weight excluding hydrogens is 344 g/mol. The van der Waals surface area contributed by atoms with E-state index in [0.29, 0.717) is 13.1 Å². The highest BCUT2D eigenvalue weighted by atomic mass is 32.1. The van der Waals surface area contributed by atoms with Gasteiger partial charge in [-0.25, -0.2) is 0 Å². The third-order valence-corrected chi connectivity index (χ3v) is 5.26. The molecule has 1 aliphatic heterocycles. The fourth-order valence-electron chi connectivity index (χ4n) is 3.06. The monoisotopic (exact) mass is 370 g/mol. The number of hydrogen-bond acceptors (Lipinski definition) is 3. The lowest BCUT2D eigenvalue weighted by Crippen LogP contribution is -2.44. The first-order chi connectivity index (χ1) is 12.8. The van der Waals surface area contributed by atoms with Crippen LogP contribution >= 0.6 is 11.3 Å². The van der Waals surface area contributed by atoms with Gasteiger partial charge < -0.3 is 15.5 Å². The summed E-state index contributed by atoms with van der Waals surface area (Å²) in [5, 5.41) is 8.26. The number of fused-ring (bicyclic) bond motifs is 1. The molecule has 0 atom stereocenters. The van der Waals surface area contributed by atoms with E-state index in [-0.39, 0.29) is 5.91 Å². The molecule has 0 fully saturated rings. The van der Waals surface area contributed by atoms with Gasteiger partial charge in [-0.3, -0.25) is 9.79 Å². The second kappa shape index (κ2) is 9.38. The molecule has 0 saturated carbocycles. The zero-order valence-corrected chi connectivity index (χ0v) is 16.0. The van der Waals surface area contributed by atoms with Crippen LogP contribution in [0.5, 0.6) is 0 Å². The minimum absolute atomic E-state index is 0.00326. The summed E-state index contributed by atoms with van der Waals surface area (Å²) in [4.78, 5) is 19.7. The first-order valence-corrected chi connectivity index (χ1v) is 10.1. The molecule has 1 aromatic heterocycles. The van der Waals surface area contributed by atoms with Crippen molar-refractivity contribution in [3.05, 3.63) is 57.8 Å².